The van der Waals surface area contributed by atoms with Gasteiger partial charge in [0.2, 0.25) is 11.7 Å². The van der Waals surface area contributed by atoms with Gasteiger partial charge in [-0.25, -0.2) is 4.98 Å². The van der Waals surface area contributed by atoms with Gasteiger partial charge in [0.25, 0.3) is 5.56 Å². The first-order valence-corrected chi connectivity index (χ1v) is 10.7. The van der Waals surface area contributed by atoms with Gasteiger partial charge < -0.3 is 4.52 Å². The number of benzene rings is 2. The second-order valence-corrected chi connectivity index (χ2v) is 8.03. The number of thioether (sulfide) groups is 1. The lowest BCUT2D eigenvalue weighted by atomic mass is 10.2. The molecule has 29 heavy (non-hydrogen) atoms. The van der Waals surface area contributed by atoms with Crippen molar-refractivity contribution in [2.75, 3.05) is 0 Å². The zero-order chi connectivity index (χ0) is 20.4. The molecule has 0 spiro atoms. The van der Waals surface area contributed by atoms with Crippen LogP contribution in [0.2, 0.25) is 5.02 Å². The fraction of sp³-hybridized carbons (Fsp3) is 0.238. The number of hydrogen-bond donors (Lipinski definition) is 0. The Morgan fingerprint density at radius 2 is 1.90 bits per heavy atom. The Morgan fingerprint density at radius 3 is 2.66 bits per heavy atom. The Labute approximate surface area is 176 Å². The smallest absolute Gasteiger partial charge is 0.262 e. The molecule has 0 radical (unpaired) electrons. The summed E-state index contributed by atoms with van der Waals surface area (Å²) in [5, 5.41) is 5.96. The third kappa shape index (κ3) is 4.06. The maximum Gasteiger partial charge on any atom is 0.262 e. The summed E-state index contributed by atoms with van der Waals surface area (Å²) >= 11 is 7.34. The highest BCUT2D eigenvalue weighted by molar-refractivity contribution is 7.98. The normalized spacial score (nSPS) is 12.4. The van der Waals surface area contributed by atoms with Gasteiger partial charge in [-0.2, -0.15) is 4.98 Å². The van der Waals surface area contributed by atoms with Crippen LogP contribution in [0.25, 0.3) is 22.3 Å². The van der Waals surface area contributed by atoms with E-state index in [1.165, 1.54) is 11.8 Å². The van der Waals surface area contributed by atoms with Crippen LogP contribution >= 0.6 is 23.4 Å². The number of para-hydroxylation sites is 1. The molecule has 0 aliphatic carbocycles. The Hall–Kier alpha value is -2.64. The van der Waals surface area contributed by atoms with Gasteiger partial charge in [-0.05, 0) is 49.7 Å². The first-order chi connectivity index (χ1) is 14.1. The summed E-state index contributed by atoms with van der Waals surface area (Å²) in [7, 11) is 0. The van der Waals surface area contributed by atoms with E-state index in [1.807, 2.05) is 43.3 Å². The average Bonchev–Trinajstić information content (AvgIpc) is 3.21. The number of aromatic nitrogens is 4. The minimum Gasteiger partial charge on any atom is -0.338 e. The Kier molecular flexibility index (Phi) is 5.69. The summed E-state index contributed by atoms with van der Waals surface area (Å²) in [6.45, 7) is 4.07. The number of fused-ring (bicyclic) bond motifs is 1. The molecule has 6 nitrogen and oxygen atoms in total. The maximum atomic E-state index is 13.0. The van der Waals surface area contributed by atoms with E-state index in [-0.39, 0.29) is 11.6 Å². The van der Waals surface area contributed by atoms with Crippen molar-refractivity contribution in [3.63, 3.8) is 0 Å². The van der Waals surface area contributed by atoms with E-state index in [4.69, 9.17) is 21.1 Å². The first-order valence-electron chi connectivity index (χ1n) is 9.29. The van der Waals surface area contributed by atoms with Gasteiger partial charge in [0.05, 0.1) is 16.7 Å². The zero-order valence-electron chi connectivity index (χ0n) is 16.0. The van der Waals surface area contributed by atoms with Crippen molar-refractivity contribution in [2.45, 2.75) is 37.2 Å². The van der Waals surface area contributed by atoms with Crippen LogP contribution in [0.4, 0.5) is 0 Å². The maximum absolute atomic E-state index is 13.0. The standard InChI is InChI=1S/C21H19ClN4O2S/c1-3-13(2)26-20(27)16-6-4-5-7-17(16)23-21(26)29-12-18-24-19(25-28-18)14-8-10-15(22)11-9-14/h4-11,13H,3,12H2,1-2H3/t13-/m0/s1. The molecule has 148 valence electrons. The molecule has 1 atom stereocenters. The molecule has 0 aliphatic rings. The van der Waals surface area contributed by atoms with Crippen molar-refractivity contribution < 1.29 is 4.52 Å². The van der Waals surface area contributed by atoms with Crippen LogP contribution < -0.4 is 5.56 Å². The first kappa shape index (κ1) is 19.7. The summed E-state index contributed by atoms with van der Waals surface area (Å²) in [4.78, 5) is 22.2. The molecule has 0 saturated heterocycles. The molecule has 0 saturated carbocycles. The van der Waals surface area contributed by atoms with Crippen LogP contribution in [0.3, 0.4) is 0 Å². The summed E-state index contributed by atoms with van der Waals surface area (Å²) in [6, 6.07) is 14.7. The predicted octanol–water partition coefficient (Wildman–Crippen LogP) is 5.36. The lowest BCUT2D eigenvalue weighted by Gasteiger charge is -2.17. The summed E-state index contributed by atoms with van der Waals surface area (Å²) in [5.74, 6) is 1.39. The number of rotatable bonds is 6. The van der Waals surface area contributed by atoms with Gasteiger partial charge >= 0.3 is 0 Å². The Morgan fingerprint density at radius 1 is 1.14 bits per heavy atom. The Bertz CT molecular complexity index is 1200. The van der Waals surface area contributed by atoms with E-state index in [1.54, 1.807) is 16.7 Å². The van der Waals surface area contributed by atoms with Gasteiger partial charge in [0.15, 0.2) is 5.16 Å². The highest BCUT2D eigenvalue weighted by atomic mass is 35.5. The van der Waals surface area contributed by atoms with E-state index in [2.05, 4.69) is 17.1 Å². The van der Waals surface area contributed by atoms with Gasteiger partial charge in [-0.3, -0.25) is 9.36 Å². The number of hydrogen-bond acceptors (Lipinski definition) is 6. The van der Waals surface area contributed by atoms with Crippen LogP contribution in [-0.2, 0) is 5.75 Å². The lowest BCUT2D eigenvalue weighted by molar-refractivity contribution is 0.391. The van der Waals surface area contributed by atoms with Crippen molar-refractivity contribution in [3.8, 4) is 11.4 Å². The van der Waals surface area contributed by atoms with Crippen LogP contribution in [0.1, 0.15) is 32.2 Å². The minimum atomic E-state index is -0.0279. The molecule has 0 aliphatic heterocycles. The monoisotopic (exact) mass is 426 g/mol. The molecule has 2 aromatic carbocycles. The number of nitrogens with zero attached hydrogens (tertiary/aromatic N) is 4. The molecule has 2 heterocycles. The van der Waals surface area contributed by atoms with E-state index in [9.17, 15) is 4.79 Å². The van der Waals surface area contributed by atoms with E-state index < -0.39 is 0 Å². The van der Waals surface area contributed by atoms with Crippen LogP contribution in [0, 0.1) is 0 Å². The SMILES string of the molecule is CC[C@H](C)n1c(SCc2nc(-c3ccc(Cl)cc3)no2)nc2ccccc2c1=O. The van der Waals surface area contributed by atoms with Crippen LogP contribution in [0.5, 0.6) is 0 Å². The molecule has 2 aromatic heterocycles. The van der Waals surface area contributed by atoms with E-state index >= 15 is 0 Å². The summed E-state index contributed by atoms with van der Waals surface area (Å²) < 4.78 is 7.14. The van der Waals surface area contributed by atoms with Crippen molar-refractivity contribution in [1.82, 2.24) is 19.7 Å². The van der Waals surface area contributed by atoms with E-state index in [0.717, 1.165) is 12.0 Å². The van der Waals surface area contributed by atoms with E-state index in [0.29, 0.717) is 38.5 Å². The number of halogens is 1. The van der Waals surface area contributed by atoms with Crippen molar-refractivity contribution in [3.05, 3.63) is 69.8 Å². The molecule has 8 heteroatoms. The second kappa shape index (κ2) is 8.39. The fourth-order valence-electron chi connectivity index (χ4n) is 2.95. The predicted molar refractivity (Wildman–Crippen MR) is 115 cm³/mol. The van der Waals surface area contributed by atoms with Crippen molar-refractivity contribution in [2.24, 2.45) is 0 Å². The van der Waals surface area contributed by atoms with Crippen LogP contribution in [-0.4, -0.2) is 19.7 Å². The second-order valence-electron chi connectivity index (χ2n) is 6.65. The molecular formula is C21H19ClN4O2S. The van der Waals surface area contributed by atoms with Gasteiger partial charge in [-0.15, -0.1) is 0 Å². The average molecular weight is 427 g/mol. The van der Waals surface area contributed by atoms with Crippen LogP contribution in [0.15, 0.2) is 63.0 Å². The lowest BCUT2D eigenvalue weighted by Crippen LogP contribution is -2.26. The minimum absolute atomic E-state index is 0.0279. The molecule has 0 unspecified atom stereocenters. The largest absolute Gasteiger partial charge is 0.338 e. The molecule has 0 bridgehead atoms. The molecule has 4 aromatic rings. The van der Waals surface area contributed by atoms with Gasteiger partial charge in [0, 0.05) is 16.6 Å². The quantitative estimate of drug-likeness (QED) is 0.305. The topological polar surface area (TPSA) is 73.8 Å². The summed E-state index contributed by atoms with van der Waals surface area (Å²) in [6.07, 6.45) is 0.828. The molecule has 0 amide bonds. The van der Waals surface area contributed by atoms with Gasteiger partial charge in [0.1, 0.15) is 0 Å². The third-order valence-electron chi connectivity index (χ3n) is 4.70. The third-order valence-corrected chi connectivity index (χ3v) is 5.89. The highest BCUT2D eigenvalue weighted by Gasteiger charge is 2.17. The zero-order valence-corrected chi connectivity index (χ0v) is 17.6. The molecule has 0 fully saturated rings. The summed E-state index contributed by atoms with van der Waals surface area (Å²) in [5.41, 5.74) is 1.49. The van der Waals surface area contributed by atoms with Gasteiger partial charge in [-0.1, -0.05) is 47.6 Å². The fourth-order valence-corrected chi connectivity index (χ4v) is 4.02. The Balaban J connectivity index is 1.63. The molecule has 4 rings (SSSR count). The molecular weight excluding hydrogens is 408 g/mol. The van der Waals surface area contributed by atoms with Crippen molar-refractivity contribution >= 4 is 34.3 Å². The van der Waals surface area contributed by atoms with Crippen molar-refractivity contribution in [1.29, 1.82) is 0 Å². The molecule has 0 N–H and O–H groups in total. The highest BCUT2D eigenvalue weighted by Crippen LogP contribution is 2.26.